The molecule has 0 unspecified atom stereocenters. The summed E-state index contributed by atoms with van der Waals surface area (Å²) in [5.41, 5.74) is 4.25. The predicted octanol–water partition coefficient (Wildman–Crippen LogP) is 4.73. The van der Waals surface area contributed by atoms with Crippen molar-refractivity contribution in [2.75, 3.05) is 16.2 Å². The van der Waals surface area contributed by atoms with Gasteiger partial charge >= 0.3 is 10.2 Å². The van der Waals surface area contributed by atoms with Crippen LogP contribution in [0.5, 0.6) is 5.75 Å². The van der Waals surface area contributed by atoms with Crippen molar-refractivity contribution in [1.29, 1.82) is 0 Å². The van der Waals surface area contributed by atoms with Crippen LogP contribution in [0.2, 0.25) is 0 Å². The average Bonchev–Trinajstić information content (AvgIpc) is 3.40. The van der Waals surface area contributed by atoms with Crippen LogP contribution >= 0.6 is 11.8 Å². The molecule has 2 aliphatic heterocycles. The Kier molecular flexibility index (Phi) is 7.95. The van der Waals surface area contributed by atoms with Gasteiger partial charge in [0.2, 0.25) is 0 Å². The zero-order chi connectivity index (χ0) is 28.3. The Balaban J connectivity index is 1.15. The van der Waals surface area contributed by atoms with E-state index < -0.39 is 16.1 Å². The number of rotatable bonds is 8. The van der Waals surface area contributed by atoms with Gasteiger partial charge in [0.1, 0.15) is 18.9 Å². The second-order valence-corrected chi connectivity index (χ2v) is 12.4. The number of ether oxygens (including phenoxy) is 1. The van der Waals surface area contributed by atoms with Gasteiger partial charge in [-0.15, -0.1) is 0 Å². The van der Waals surface area contributed by atoms with E-state index in [0.717, 1.165) is 27.6 Å². The molecule has 3 aromatic carbocycles. The van der Waals surface area contributed by atoms with Crippen LogP contribution in [0.4, 0.5) is 11.4 Å². The van der Waals surface area contributed by atoms with Crippen LogP contribution in [0.3, 0.4) is 0 Å². The van der Waals surface area contributed by atoms with Crippen molar-refractivity contribution in [2.45, 2.75) is 26.9 Å². The van der Waals surface area contributed by atoms with E-state index in [2.05, 4.69) is 48.4 Å². The summed E-state index contributed by atoms with van der Waals surface area (Å²) in [6, 6.07) is 22.4. The van der Waals surface area contributed by atoms with E-state index in [9.17, 15) is 18.0 Å². The SMILES string of the molecule is CC(C)Cc1ccc(COc2ccc(C=C3SC(Nc4ccc(N5CC(=O)NS5(=O)=O)cc4)=NC3=O)cc2)cc1. The van der Waals surface area contributed by atoms with Gasteiger partial charge in [-0.2, -0.15) is 13.4 Å². The maximum Gasteiger partial charge on any atom is 0.326 e. The number of carbonyl (C=O) groups excluding carboxylic acids is 2. The van der Waals surface area contributed by atoms with Crippen LogP contribution in [-0.4, -0.2) is 31.9 Å². The van der Waals surface area contributed by atoms with Gasteiger partial charge in [0.15, 0.2) is 5.17 Å². The number of amidine groups is 1. The molecule has 3 aromatic rings. The molecule has 1 saturated heterocycles. The van der Waals surface area contributed by atoms with Gasteiger partial charge in [-0.25, -0.2) is 9.03 Å². The van der Waals surface area contributed by atoms with E-state index >= 15 is 0 Å². The molecule has 1 fully saturated rings. The van der Waals surface area contributed by atoms with Gasteiger partial charge in [-0.05, 0) is 83.3 Å². The quantitative estimate of drug-likeness (QED) is 0.373. The van der Waals surface area contributed by atoms with Crippen molar-refractivity contribution < 1.29 is 22.7 Å². The summed E-state index contributed by atoms with van der Waals surface area (Å²) in [4.78, 5) is 28.5. The minimum Gasteiger partial charge on any atom is -0.489 e. The third-order valence-electron chi connectivity index (χ3n) is 6.10. The van der Waals surface area contributed by atoms with Gasteiger partial charge in [0, 0.05) is 5.69 Å². The first-order valence-electron chi connectivity index (χ1n) is 12.7. The Morgan fingerprint density at radius 1 is 1.00 bits per heavy atom. The molecule has 206 valence electrons. The first kappa shape index (κ1) is 27.5. The molecular weight excluding hydrogens is 548 g/mol. The number of hydrogen-bond donors (Lipinski definition) is 2. The second kappa shape index (κ2) is 11.6. The highest BCUT2D eigenvalue weighted by Crippen LogP contribution is 2.30. The number of benzene rings is 3. The largest absolute Gasteiger partial charge is 0.489 e. The Hall–Kier alpha value is -4.09. The van der Waals surface area contributed by atoms with E-state index in [1.807, 2.05) is 29.0 Å². The van der Waals surface area contributed by atoms with E-state index in [1.165, 1.54) is 17.3 Å². The first-order valence-corrected chi connectivity index (χ1v) is 14.9. The Bertz CT molecular complexity index is 1580. The zero-order valence-electron chi connectivity index (χ0n) is 22.0. The van der Waals surface area contributed by atoms with Crippen molar-refractivity contribution in [1.82, 2.24) is 4.72 Å². The molecule has 0 aromatic heterocycles. The Morgan fingerprint density at radius 2 is 1.68 bits per heavy atom. The summed E-state index contributed by atoms with van der Waals surface area (Å²) in [5, 5.41) is 3.48. The second-order valence-electron chi connectivity index (χ2n) is 9.81. The Labute approximate surface area is 237 Å². The Morgan fingerprint density at radius 3 is 2.30 bits per heavy atom. The van der Waals surface area contributed by atoms with Gasteiger partial charge in [0.25, 0.3) is 11.8 Å². The average molecular weight is 577 g/mol. The summed E-state index contributed by atoms with van der Waals surface area (Å²) >= 11 is 1.21. The summed E-state index contributed by atoms with van der Waals surface area (Å²) < 4.78 is 32.9. The number of aliphatic imine (C=N–C) groups is 1. The molecule has 0 aliphatic carbocycles. The number of hydrogen-bond acceptors (Lipinski definition) is 7. The van der Waals surface area contributed by atoms with Gasteiger partial charge in [0.05, 0.1) is 10.6 Å². The van der Waals surface area contributed by atoms with E-state index in [1.54, 1.807) is 30.3 Å². The molecule has 2 N–H and O–H groups in total. The van der Waals surface area contributed by atoms with Crippen molar-refractivity contribution in [3.8, 4) is 5.75 Å². The van der Waals surface area contributed by atoms with Crippen LogP contribution in [0.25, 0.3) is 6.08 Å². The molecule has 0 spiro atoms. The lowest BCUT2D eigenvalue weighted by Gasteiger charge is -2.15. The zero-order valence-corrected chi connectivity index (χ0v) is 23.6. The van der Waals surface area contributed by atoms with Crippen LogP contribution in [0.15, 0.2) is 82.7 Å². The maximum atomic E-state index is 12.5. The van der Waals surface area contributed by atoms with Crippen molar-refractivity contribution in [2.24, 2.45) is 10.9 Å². The number of nitrogens with zero attached hydrogens (tertiary/aromatic N) is 2. The van der Waals surface area contributed by atoms with Crippen molar-refractivity contribution >= 4 is 56.4 Å². The third kappa shape index (κ3) is 6.72. The molecule has 2 aliphatic rings. The van der Waals surface area contributed by atoms with Crippen molar-refractivity contribution in [3.63, 3.8) is 0 Å². The summed E-state index contributed by atoms with van der Waals surface area (Å²) in [6.07, 6.45) is 2.83. The monoisotopic (exact) mass is 576 g/mol. The molecular formula is C29H28N4O5S2. The minimum absolute atomic E-state index is 0.264. The predicted molar refractivity (Wildman–Crippen MR) is 158 cm³/mol. The van der Waals surface area contributed by atoms with E-state index in [4.69, 9.17) is 4.74 Å². The fraction of sp³-hybridized carbons (Fsp3) is 0.207. The van der Waals surface area contributed by atoms with Crippen molar-refractivity contribution in [3.05, 3.63) is 94.4 Å². The fourth-order valence-electron chi connectivity index (χ4n) is 4.20. The highest BCUT2D eigenvalue weighted by Gasteiger charge is 2.33. The first-order chi connectivity index (χ1) is 19.1. The number of anilines is 2. The number of thioether (sulfide) groups is 1. The standard InChI is InChI=1S/C29H28N4O5S2/c1-19(2)15-20-3-5-22(6-4-20)18-38-25-13-7-21(8-14-25)16-26-28(35)31-29(39-26)30-23-9-11-24(12-10-23)33-17-27(34)32-40(33,36)37/h3-14,16,19H,15,17-18H2,1-2H3,(H,32,34)(H,30,31,35). The molecule has 11 heteroatoms. The van der Waals surface area contributed by atoms with Crippen LogP contribution in [-0.2, 0) is 32.8 Å². The summed E-state index contributed by atoms with van der Waals surface area (Å²) in [7, 11) is -3.87. The minimum atomic E-state index is -3.87. The smallest absolute Gasteiger partial charge is 0.326 e. The molecule has 0 saturated carbocycles. The fourth-order valence-corrected chi connectivity index (χ4v) is 6.18. The van der Waals surface area contributed by atoms with Gasteiger partial charge < -0.3 is 10.1 Å². The summed E-state index contributed by atoms with van der Waals surface area (Å²) in [5.74, 6) is 0.431. The highest BCUT2D eigenvalue weighted by atomic mass is 32.2. The lowest BCUT2D eigenvalue weighted by Crippen LogP contribution is -2.29. The normalized spacial score (nSPS) is 17.3. The lowest BCUT2D eigenvalue weighted by molar-refractivity contribution is -0.117. The maximum absolute atomic E-state index is 12.5. The number of nitrogens with one attached hydrogen (secondary N) is 2. The molecule has 2 heterocycles. The molecule has 5 rings (SSSR count). The summed E-state index contributed by atoms with van der Waals surface area (Å²) in [6.45, 7) is 4.63. The topological polar surface area (TPSA) is 117 Å². The lowest BCUT2D eigenvalue weighted by atomic mass is 10.0. The molecule has 9 nitrogen and oxygen atoms in total. The third-order valence-corrected chi connectivity index (χ3v) is 8.40. The highest BCUT2D eigenvalue weighted by molar-refractivity contribution is 8.18. The molecule has 0 radical (unpaired) electrons. The van der Waals surface area contributed by atoms with Crippen LogP contribution in [0.1, 0.15) is 30.5 Å². The van der Waals surface area contributed by atoms with E-state index in [-0.39, 0.29) is 12.5 Å². The van der Waals surface area contributed by atoms with Gasteiger partial charge in [-0.3, -0.25) is 9.59 Å². The van der Waals surface area contributed by atoms with Crippen LogP contribution in [0, 0.1) is 5.92 Å². The number of amides is 2. The number of carbonyl (C=O) groups is 2. The molecule has 0 atom stereocenters. The molecule has 2 amide bonds. The van der Waals surface area contributed by atoms with Crippen LogP contribution < -0.4 is 19.1 Å². The molecule has 0 bridgehead atoms. The van der Waals surface area contributed by atoms with Gasteiger partial charge in [-0.1, -0.05) is 50.2 Å². The van der Waals surface area contributed by atoms with E-state index in [0.29, 0.717) is 34.0 Å². The molecule has 40 heavy (non-hydrogen) atoms.